The number of carbonyl (C=O) groups excluding carboxylic acids is 2. The number of aliphatic imine (C=N–C) groups is 1. The quantitative estimate of drug-likeness (QED) is 0.0838. The monoisotopic (exact) mass is 689 g/mol. The van der Waals surface area contributed by atoms with Crippen LogP contribution in [0.3, 0.4) is 0 Å². The highest BCUT2D eigenvalue weighted by Crippen LogP contribution is 2.36. The molecule has 0 aromatic heterocycles. The van der Waals surface area contributed by atoms with Gasteiger partial charge in [-0.15, -0.1) is 0 Å². The van der Waals surface area contributed by atoms with E-state index in [2.05, 4.69) is 15.6 Å². The molecule has 6 atom stereocenters. The van der Waals surface area contributed by atoms with Crippen molar-refractivity contribution in [3.63, 3.8) is 0 Å². The van der Waals surface area contributed by atoms with Crippen molar-refractivity contribution >= 4 is 29.4 Å². The van der Waals surface area contributed by atoms with Crippen LogP contribution in [0.2, 0.25) is 0 Å². The Bertz CT molecular complexity index is 1520. The van der Waals surface area contributed by atoms with E-state index in [1.807, 2.05) is 0 Å². The number of rotatable bonds is 13. The lowest BCUT2D eigenvalue weighted by molar-refractivity contribution is -0.277. The van der Waals surface area contributed by atoms with Crippen LogP contribution in [0.15, 0.2) is 35.3 Å². The number of aliphatic carboxylic acids is 1. The Morgan fingerprint density at radius 1 is 1.02 bits per heavy atom. The first-order valence-corrected chi connectivity index (χ1v) is 14.0. The van der Waals surface area contributed by atoms with E-state index in [1.165, 1.54) is 0 Å². The fourth-order valence-electron chi connectivity index (χ4n) is 4.64. The number of carbonyl (C=O) groups is 3. The molecule has 1 saturated heterocycles. The van der Waals surface area contributed by atoms with Gasteiger partial charge in [0.15, 0.2) is 5.96 Å². The Morgan fingerprint density at radius 2 is 1.71 bits per heavy atom. The van der Waals surface area contributed by atoms with Gasteiger partial charge < -0.3 is 67.3 Å². The van der Waals surface area contributed by atoms with Crippen LogP contribution in [-0.2, 0) is 27.1 Å². The number of aromatic hydroxyl groups is 1. The van der Waals surface area contributed by atoms with Gasteiger partial charge in [-0.1, -0.05) is 0 Å². The zero-order chi connectivity index (χ0) is 35.9. The third kappa shape index (κ3) is 9.65. The maximum Gasteiger partial charge on any atom is 0.416 e. The molecule has 20 heteroatoms. The number of ether oxygens (including phenoxy) is 2. The standard InChI is InChI=1S/C28H34F3N5O12/c29-28(30,31)13-3-11(4-14(6-13)35-27(32)33)25(46)34-8-19(39)36-17(1-2-20(40)41)16-7-15(5-12(9-37)21(16)42)47-26-24(45)23(44)22(43)18(10-38)48-26/h3-7,17-18,22-24,26,37-38,42-45H,1-2,8-10H2,(H,34,46)(H,36,39)(H,40,41)(H4,32,33,35). The van der Waals surface area contributed by atoms with E-state index in [0.717, 1.165) is 18.2 Å². The molecule has 2 amide bonds. The summed E-state index contributed by atoms with van der Waals surface area (Å²) in [7, 11) is 0. The van der Waals surface area contributed by atoms with Crippen LogP contribution in [0.1, 0.15) is 45.9 Å². The van der Waals surface area contributed by atoms with Crippen molar-refractivity contribution < 1.29 is 72.8 Å². The fraction of sp³-hybridized carbons (Fsp3) is 0.429. The van der Waals surface area contributed by atoms with Crippen molar-refractivity contribution in [2.45, 2.75) is 62.4 Å². The lowest BCUT2D eigenvalue weighted by Gasteiger charge is -2.39. The van der Waals surface area contributed by atoms with Gasteiger partial charge in [-0.25, -0.2) is 4.99 Å². The summed E-state index contributed by atoms with van der Waals surface area (Å²) in [5, 5.41) is 74.3. The van der Waals surface area contributed by atoms with Crippen LogP contribution >= 0.6 is 0 Å². The number of hydrogen-bond donors (Lipinski definition) is 11. The largest absolute Gasteiger partial charge is 0.507 e. The number of aliphatic hydroxyl groups is 5. The van der Waals surface area contributed by atoms with E-state index in [-0.39, 0.29) is 23.3 Å². The molecule has 0 bridgehead atoms. The van der Waals surface area contributed by atoms with Gasteiger partial charge in [-0.2, -0.15) is 13.2 Å². The number of amides is 2. The lowest BCUT2D eigenvalue weighted by atomic mass is 9.97. The van der Waals surface area contributed by atoms with E-state index in [1.54, 1.807) is 0 Å². The van der Waals surface area contributed by atoms with Crippen LogP contribution < -0.4 is 26.8 Å². The molecule has 1 fully saturated rings. The Hall–Kier alpha value is -4.73. The highest BCUT2D eigenvalue weighted by molar-refractivity contribution is 5.97. The first-order valence-electron chi connectivity index (χ1n) is 14.0. The Morgan fingerprint density at radius 3 is 2.29 bits per heavy atom. The molecule has 0 aliphatic carbocycles. The summed E-state index contributed by atoms with van der Waals surface area (Å²) in [5.74, 6) is -4.84. The van der Waals surface area contributed by atoms with Crippen LogP contribution in [0.4, 0.5) is 18.9 Å². The second-order valence-electron chi connectivity index (χ2n) is 10.5. The fourth-order valence-corrected chi connectivity index (χ4v) is 4.64. The SMILES string of the molecule is NC(N)=Nc1cc(C(=O)NCC(=O)NC(CCC(=O)O)c2cc(OC3OC(CO)C(O)C(O)C3O)cc(CO)c2O)cc(C(F)(F)F)c1. The Labute approximate surface area is 269 Å². The maximum absolute atomic E-state index is 13.4. The molecule has 48 heavy (non-hydrogen) atoms. The molecule has 1 aliphatic rings. The van der Waals surface area contributed by atoms with Gasteiger partial charge in [0.25, 0.3) is 5.91 Å². The van der Waals surface area contributed by atoms with Crippen LogP contribution in [-0.4, -0.2) is 103 Å². The molecule has 2 aromatic carbocycles. The molecule has 0 saturated carbocycles. The molecule has 13 N–H and O–H groups in total. The number of alkyl halides is 3. The summed E-state index contributed by atoms with van der Waals surface area (Å²) in [6.45, 7) is -2.41. The third-order valence-corrected chi connectivity index (χ3v) is 7.00. The number of hydrogen-bond acceptors (Lipinski definition) is 12. The number of nitrogens with one attached hydrogen (secondary N) is 2. The summed E-state index contributed by atoms with van der Waals surface area (Å²) in [6.07, 6.45) is -14.2. The van der Waals surface area contributed by atoms with Gasteiger partial charge >= 0.3 is 12.1 Å². The Balaban J connectivity index is 1.85. The summed E-state index contributed by atoms with van der Waals surface area (Å²) in [5.41, 5.74) is 7.85. The average Bonchev–Trinajstić information content (AvgIpc) is 3.01. The zero-order valence-corrected chi connectivity index (χ0v) is 24.8. The van der Waals surface area contributed by atoms with Gasteiger partial charge in [-0.05, 0) is 36.8 Å². The van der Waals surface area contributed by atoms with Crippen molar-refractivity contribution in [3.05, 3.63) is 52.6 Å². The molecule has 1 aliphatic heterocycles. The number of benzene rings is 2. The number of aliphatic hydroxyl groups excluding tert-OH is 5. The van der Waals surface area contributed by atoms with E-state index in [4.69, 9.17) is 20.9 Å². The predicted molar refractivity (Wildman–Crippen MR) is 155 cm³/mol. The highest BCUT2D eigenvalue weighted by atomic mass is 19.4. The van der Waals surface area contributed by atoms with E-state index >= 15 is 0 Å². The van der Waals surface area contributed by atoms with E-state index in [0.29, 0.717) is 12.1 Å². The minimum Gasteiger partial charge on any atom is -0.507 e. The molecule has 1 heterocycles. The lowest BCUT2D eigenvalue weighted by Crippen LogP contribution is -2.60. The number of nitrogens with zero attached hydrogens (tertiary/aromatic N) is 1. The first-order chi connectivity index (χ1) is 22.4. The summed E-state index contributed by atoms with van der Waals surface area (Å²) in [4.78, 5) is 40.5. The first kappa shape index (κ1) is 37.7. The summed E-state index contributed by atoms with van der Waals surface area (Å²) >= 11 is 0. The molecule has 2 aromatic rings. The molecular formula is C28H34F3N5O12. The molecule has 0 radical (unpaired) electrons. The van der Waals surface area contributed by atoms with E-state index < -0.39 is 115 Å². The molecule has 17 nitrogen and oxygen atoms in total. The smallest absolute Gasteiger partial charge is 0.416 e. The Kier molecular flexibility index (Phi) is 12.5. The number of carboxylic acids is 1. The topological polar surface area (TPSA) is 300 Å². The molecule has 3 rings (SSSR count). The number of halogens is 3. The number of nitrogens with two attached hydrogens (primary N) is 2. The van der Waals surface area contributed by atoms with Crippen LogP contribution in [0.5, 0.6) is 11.5 Å². The average molecular weight is 690 g/mol. The number of phenols is 1. The number of carboxylic acid groups (broad SMARTS) is 1. The molecule has 0 spiro atoms. The minimum absolute atomic E-state index is 0.198. The summed E-state index contributed by atoms with van der Waals surface area (Å²) in [6, 6.07) is 2.89. The van der Waals surface area contributed by atoms with Gasteiger partial charge in [0, 0.05) is 23.1 Å². The van der Waals surface area contributed by atoms with Gasteiger partial charge in [0.1, 0.15) is 35.9 Å². The highest BCUT2D eigenvalue weighted by Gasteiger charge is 2.45. The molecular weight excluding hydrogens is 655 g/mol. The normalized spacial score (nSPS) is 21.5. The van der Waals surface area contributed by atoms with E-state index in [9.17, 15) is 63.3 Å². The molecule has 6 unspecified atom stereocenters. The third-order valence-electron chi connectivity index (χ3n) is 7.00. The maximum atomic E-state index is 13.4. The van der Waals surface area contributed by atoms with Crippen molar-refractivity contribution in [3.8, 4) is 11.5 Å². The molecule has 264 valence electrons. The van der Waals surface area contributed by atoms with Gasteiger partial charge in [0.05, 0.1) is 37.1 Å². The number of guanidine groups is 1. The second-order valence-corrected chi connectivity index (χ2v) is 10.5. The van der Waals surface area contributed by atoms with Crippen molar-refractivity contribution in [1.29, 1.82) is 0 Å². The van der Waals surface area contributed by atoms with Crippen molar-refractivity contribution in [1.82, 2.24) is 10.6 Å². The van der Waals surface area contributed by atoms with Crippen LogP contribution in [0.25, 0.3) is 0 Å². The predicted octanol–water partition coefficient (Wildman–Crippen LogP) is -1.56. The minimum atomic E-state index is -4.88. The van der Waals surface area contributed by atoms with Crippen molar-refractivity contribution in [2.24, 2.45) is 16.5 Å². The second kappa shape index (κ2) is 15.9. The van der Waals surface area contributed by atoms with Crippen LogP contribution in [0, 0.1) is 0 Å². The summed E-state index contributed by atoms with van der Waals surface area (Å²) < 4.78 is 51.0. The zero-order valence-electron chi connectivity index (χ0n) is 24.8. The van der Waals surface area contributed by atoms with Gasteiger partial charge in [-0.3, -0.25) is 14.4 Å². The van der Waals surface area contributed by atoms with Gasteiger partial charge in [0.2, 0.25) is 12.2 Å². The van der Waals surface area contributed by atoms with Crippen molar-refractivity contribution in [2.75, 3.05) is 13.2 Å².